The number of nitrogens with zero attached hydrogens (tertiary/aromatic N) is 1. The van der Waals surface area contributed by atoms with Crippen LogP contribution in [-0.4, -0.2) is 25.0 Å². The highest BCUT2D eigenvalue weighted by Crippen LogP contribution is 2.16. The molecule has 19 heavy (non-hydrogen) atoms. The summed E-state index contributed by atoms with van der Waals surface area (Å²) in [6.45, 7) is 5.28. The van der Waals surface area contributed by atoms with Crippen molar-refractivity contribution >= 4 is 15.9 Å². The number of rotatable bonds is 9. The normalized spacial score (nSPS) is 12.9. The van der Waals surface area contributed by atoms with Crippen LogP contribution in [0.1, 0.15) is 38.2 Å². The minimum absolute atomic E-state index is 0.810. The van der Waals surface area contributed by atoms with Crippen molar-refractivity contribution in [1.29, 1.82) is 0 Å². The van der Waals surface area contributed by atoms with Gasteiger partial charge in [0.2, 0.25) is 0 Å². The Hall–Kier alpha value is -0.380. The molecule has 0 fully saturated rings. The van der Waals surface area contributed by atoms with Crippen LogP contribution in [0.25, 0.3) is 0 Å². The van der Waals surface area contributed by atoms with Crippen molar-refractivity contribution in [1.82, 2.24) is 4.90 Å². The molecule has 0 saturated carbocycles. The second-order valence-electron chi connectivity index (χ2n) is 5.36. The first-order chi connectivity index (χ1) is 9.15. The van der Waals surface area contributed by atoms with E-state index in [-0.39, 0.29) is 0 Å². The van der Waals surface area contributed by atoms with Crippen LogP contribution in [0.15, 0.2) is 28.7 Å². The van der Waals surface area contributed by atoms with Crippen LogP contribution < -0.4 is 5.73 Å². The van der Waals surface area contributed by atoms with Gasteiger partial charge in [-0.05, 0) is 63.0 Å². The maximum atomic E-state index is 5.64. The number of halogens is 1. The van der Waals surface area contributed by atoms with E-state index >= 15 is 0 Å². The van der Waals surface area contributed by atoms with Crippen LogP contribution in [0.2, 0.25) is 0 Å². The largest absolute Gasteiger partial charge is 0.330 e. The predicted octanol–water partition coefficient (Wildman–Crippen LogP) is 4.04. The highest BCUT2D eigenvalue weighted by molar-refractivity contribution is 9.10. The Morgan fingerprint density at radius 1 is 1.32 bits per heavy atom. The maximum Gasteiger partial charge on any atom is 0.0231 e. The van der Waals surface area contributed by atoms with Crippen LogP contribution >= 0.6 is 15.9 Å². The van der Waals surface area contributed by atoms with E-state index in [1.165, 1.54) is 31.2 Å². The van der Waals surface area contributed by atoms with Gasteiger partial charge < -0.3 is 10.6 Å². The minimum atomic E-state index is 0.810. The Morgan fingerprint density at radius 2 is 2.11 bits per heavy atom. The third-order valence-electron chi connectivity index (χ3n) is 3.65. The Bertz CT molecular complexity index is 354. The van der Waals surface area contributed by atoms with Crippen molar-refractivity contribution < 1.29 is 0 Å². The van der Waals surface area contributed by atoms with Crippen molar-refractivity contribution in [3.05, 3.63) is 34.3 Å². The zero-order chi connectivity index (χ0) is 14.1. The lowest BCUT2D eigenvalue weighted by molar-refractivity contribution is 0.300. The summed E-state index contributed by atoms with van der Waals surface area (Å²) >= 11 is 3.52. The quantitative estimate of drug-likeness (QED) is 0.742. The molecule has 0 aromatic heterocycles. The van der Waals surface area contributed by atoms with Crippen molar-refractivity contribution in [3.63, 3.8) is 0 Å². The summed E-state index contributed by atoms with van der Waals surface area (Å²) in [5.74, 6) is 0.810. The zero-order valence-electron chi connectivity index (χ0n) is 12.2. The van der Waals surface area contributed by atoms with Gasteiger partial charge in [-0.2, -0.15) is 0 Å². The molecular weight excluding hydrogens is 300 g/mol. The molecule has 0 bridgehead atoms. The van der Waals surface area contributed by atoms with E-state index in [9.17, 15) is 0 Å². The Balaban J connectivity index is 2.26. The fourth-order valence-electron chi connectivity index (χ4n) is 2.46. The van der Waals surface area contributed by atoms with Gasteiger partial charge in [0.1, 0.15) is 0 Å². The molecule has 0 aliphatic carbocycles. The van der Waals surface area contributed by atoms with E-state index < -0.39 is 0 Å². The molecule has 0 aliphatic heterocycles. The predicted molar refractivity (Wildman–Crippen MR) is 87.2 cm³/mol. The molecule has 1 rings (SSSR count). The maximum absolute atomic E-state index is 5.64. The molecule has 1 aromatic rings. The molecule has 1 unspecified atom stereocenters. The molecule has 2 N–H and O–H groups in total. The molecule has 1 atom stereocenters. The lowest BCUT2D eigenvalue weighted by atomic mass is 9.96. The molecule has 0 saturated heterocycles. The minimum Gasteiger partial charge on any atom is -0.330 e. The molecule has 1 aromatic carbocycles. The summed E-state index contributed by atoms with van der Waals surface area (Å²) in [4.78, 5) is 2.40. The third-order valence-corrected chi connectivity index (χ3v) is 4.14. The summed E-state index contributed by atoms with van der Waals surface area (Å²) in [6.07, 6.45) is 5.00. The Kier molecular flexibility index (Phi) is 8.35. The second kappa shape index (κ2) is 9.51. The number of nitrogens with two attached hydrogens (primary N) is 1. The zero-order valence-corrected chi connectivity index (χ0v) is 13.8. The van der Waals surface area contributed by atoms with Crippen molar-refractivity contribution in [3.8, 4) is 0 Å². The van der Waals surface area contributed by atoms with Gasteiger partial charge in [-0.15, -0.1) is 0 Å². The first-order valence-electron chi connectivity index (χ1n) is 7.28. The lowest BCUT2D eigenvalue weighted by Gasteiger charge is -2.19. The smallest absolute Gasteiger partial charge is 0.0231 e. The average Bonchev–Trinajstić information content (AvgIpc) is 2.37. The van der Waals surface area contributed by atoms with Gasteiger partial charge >= 0.3 is 0 Å². The van der Waals surface area contributed by atoms with E-state index in [0.29, 0.717) is 0 Å². The van der Waals surface area contributed by atoms with Gasteiger partial charge in [-0.25, -0.2) is 0 Å². The number of hydrogen-bond donors (Lipinski definition) is 1. The molecular formula is C16H27BrN2. The van der Waals surface area contributed by atoms with Gasteiger partial charge in [-0.1, -0.05) is 41.4 Å². The van der Waals surface area contributed by atoms with Gasteiger partial charge in [-0.3, -0.25) is 0 Å². The number of hydrogen-bond acceptors (Lipinski definition) is 2. The molecule has 108 valence electrons. The van der Waals surface area contributed by atoms with E-state index in [0.717, 1.165) is 30.0 Å². The molecule has 0 aliphatic rings. The summed E-state index contributed by atoms with van der Waals surface area (Å²) in [5, 5.41) is 0. The van der Waals surface area contributed by atoms with Crippen molar-refractivity contribution in [2.45, 2.75) is 39.2 Å². The van der Waals surface area contributed by atoms with Crippen LogP contribution in [0, 0.1) is 5.92 Å². The fraction of sp³-hybridized carbons (Fsp3) is 0.625. The molecule has 0 spiro atoms. The van der Waals surface area contributed by atoms with Crippen LogP contribution in [0.5, 0.6) is 0 Å². The Morgan fingerprint density at radius 3 is 2.74 bits per heavy atom. The van der Waals surface area contributed by atoms with Gasteiger partial charge in [0.25, 0.3) is 0 Å². The summed E-state index contributed by atoms with van der Waals surface area (Å²) in [7, 11) is 2.20. The highest BCUT2D eigenvalue weighted by Gasteiger charge is 2.06. The summed E-state index contributed by atoms with van der Waals surface area (Å²) in [5.41, 5.74) is 7.00. The number of benzene rings is 1. The molecule has 0 radical (unpaired) electrons. The molecule has 2 nitrogen and oxygen atoms in total. The SMILES string of the molecule is CCC(CCN)CCCN(C)Cc1cccc(Br)c1. The standard InChI is InChI=1S/C16H27BrN2/c1-3-14(9-10-18)7-5-11-19(2)13-15-6-4-8-16(17)12-15/h4,6,8,12,14H,3,5,7,9-11,13,18H2,1-2H3. The van der Waals surface area contributed by atoms with Gasteiger partial charge in [0.15, 0.2) is 0 Å². The van der Waals surface area contributed by atoms with Crippen LogP contribution in [0.3, 0.4) is 0 Å². The Labute approximate surface area is 126 Å². The van der Waals surface area contributed by atoms with Crippen molar-refractivity contribution in [2.24, 2.45) is 11.7 Å². The highest BCUT2D eigenvalue weighted by atomic mass is 79.9. The van der Waals surface area contributed by atoms with E-state index in [1.807, 2.05) is 0 Å². The average molecular weight is 327 g/mol. The van der Waals surface area contributed by atoms with Crippen molar-refractivity contribution in [2.75, 3.05) is 20.1 Å². The fourth-order valence-corrected chi connectivity index (χ4v) is 2.91. The van der Waals surface area contributed by atoms with E-state index in [1.54, 1.807) is 0 Å². The molecule has 0 heterocycles. The first kappa shape index (κ1) is 16.7. The van der Waals surface area contributed by atoms with Gasteiger partial charge in [0, 0.05) is 11.0 Å². The van der Waals surface area contributed by atoms with Crippen LogP contribution in [0.4, 0.5) is 0 Å². The van der Waals surface area contributed by atoms with Gasteiger partial charge in [0.05, 0.1) is 0 Å². The first-order valence-corrected chi connectivity index (χ1v) is 8.08. The molecule has 0 amide bonds. The summed E-state index contributed by atoms with van der Waals surface area (Å²) < 4.78 is 1.16. The van der Waals surface area contributed by atoms with E-state index in [2.05, 4.69) is 59.1 Å². The summed E-state index contributed by atoms with van der Waals surface area (Å²) in [6, 6.07) is 8.55. The topological polar surface area (TPSA) is 29.3 Å². The second-order valence-corrected chi connectivity index (χ2v) is 6.28. The van der Waals surface area contributed by atoms with Crippen LogP contribution in [-0.2, 0) is 6.54 Å². The van der Waals surface area contributed by atoms with E-state index in [4.69, 9.17) is 5.73 Å². The monoisotopic (exact) mass is 326 g/mol. The third kappa shape index (κ3) is 7.09. The molecule has 3 heteroatoms. The lowest BCUT2D eigenvalue weighted by Crippen LogP contribution is -2.20.